The molecule has 1 amide bonds. The summed E-state index contributed by atoms with van der Waals surface area (Å²) >= 11 is 0. The van der Waals surface area contributed by atoms with Crippen molar-refractivity contribution in [3.63, 3.8) is 0 Å². The number of rotatable bonds is 5. The Labute approximate surface area is 120 Å². The van der Waals surface area contributed by atoms with E-state index in [0.717, 1.165) is 12.8 Å². The molecule has 1 aromatic heterocycles. The summed E-state index contributed by atoms with van der Waals surface area (Å²) in [5, 5.41) is 17.5. The van der Waals surface area contributed by atoms with Crippen LogP contribution in [0.5, 0.6) is 0 Å². The number of carbonyl (C=O) groups excluding carboxylic acids is 1. The Morgan fingerprint density at radius 2 is 2.19 bits per heavy atom. The van der Waals surface area contributed by atoms with E-state index in [1.807, 2.05) is 0 Å². The summed E-state index contributed by atoms with van der Waals surface area (Å²) in [4.78, 5) is 26.3. The van der Waals surface area contributed by atoms with E-state index >= 15 is 0 Å². The fourth-order valence-electron chi connectivity index (χ4n) is 2.14. The first-order chi connectivity index (χ1) is 10.1. The number of nitro groups is 1. The van der Waals surface area contributed by atoms with Crippen molar-refractivity contribution >= 4 is 28.2 Å². The first-order valence-corrected chi connectivity index (χ1v) is 6.70. The molecule has 108 valence electrons. The van der Waals surface area contributed by atoms with Crippen LogP contribution in [0.15, 0.2) is 30.5 Å². The quantitative estimate of drug-likeness (QED) is 0.645. The Morgan fingerprint density at radius 3 is 2.90 bits per heavy atom. The van der Waals surface area contributed by atoms with E-state index in [-0.39, 0.29) is 18.1 Å². The monoisotopic (exact) mass is 286 g/mol. The summed E-state index contributed by atoms with van der Waals surface area (Å²) in [7, 11) is 0. The van der Waals surface area contributed by atoms with Crippen LogP contribution >= 0.6 is 0 Å². The van der Waals surface area contributed by atoms with Gasteiger partial charge in [0.2, 0.25) is 5.91 Å². The molecule has 0 bridgehead atoms. The molecule has 0 radical (unpaired) electrons. The second-order valence-electron chi connectivity index (χ2n) is 4.98. The van der Waals surface area contributed by atoms with E-state index in [2.05, 4.69) is 15.6 Å². The minimum Gasteiger partial charge on any atom is -0.376 e. The molecule has 3 rings (SSSR count). The number of nitrogens with zero attached hydrogens (tertiary/aromatic N) is 2. The summed E-state index contributed by atoms with van der Waals surface area (Å²) in [6.45, 7) is 0.137. The molecule has 1 heterocycles. The predicted octanol–water partition coefficient (Wildman–Crippen LogP) is 1.83. The van der Waals surface area contributed by atoms with Crippen LogP contribution < -0.4 is 10.6 Å². The van der Waals surface area contributed by atoms with Crippen LogP contribution in [0.3, 0.4) is 0 Å². The van der Waals surface area contributed by atoms with Crippen LogP contribution in [0.25, 0.3) is 10.9 Å². The molecule has 0 aliphatic heterocycles. The number of non-ortho nitro benzene ring substituents is 1. The van der Waals surface area contributed by atoms with E-state index < -0.39 is 4.92 Å². The molecule has 1 fully saturated rings. The zero-order valence-electron chi connectivity index (χ0n) is 11.2. The number of nitrogens with one attached hydrogen (secondary N) is 2. The fraction of sp³-hybridized carbons (Fsp3) is 0.286. The van der Waals surface area contributed by atoms with E-state index in [1.54, 1.807) is 18.2 Å². The van der Waals surface area contributed by atoms with Gasteiger partial charge in [-0.3, -0.25) is 14.9 Å². The van der Waals surface area contributed by atoms with Crippen LogP contribution in [-0.4, -0.2) is 28.4 Å². The van der Waals surface area contributed by atoms with Crippen molar-refractivity contribution in [2.24, 2.45) is 0 Å². The van der Waals surface area contributed by atoms with Gasteiger partial charge in [0.05, 0.1) is 11.5 Å². The predicted molar refractivity (Wildman–Crippen MR) is 78.1 cm³/mol. The molecule has 7 heteroatoms. The van der Waals surface area contributed by atoms with Crippen molar-refractivity contribution < 1.29 is 9.72 Å². The number of fused-ring (bicyclic) bond motifs is 1. The zero-order chi connectivity index (χ0) is 14.8. The Bertz CT molecular complexity index is 712. The Balaban J connectivity index is 1.83. The van der Waals surface area contributed by atoms with E-state index in [4.69, 9.17) is 0 Å². The lowest BCUT2D eigenvalue weighted by atomic mass is 10.1. The van der Waals surface area contributed by atoms with Crippen LogP contribution in [-0.2, 0) is 4.79 Å². The van der Waals surface area contributed by atoms with Crippen LogP contribution in [0.2, 0.25) is 0 Å². The minimum atomic E-state index is -0.459. The third kappa shape index (κ3) is 2.91. The Morgan fingerprint density at radius 1 is 1.38 bits per heavy atom. The molecule has 2 aromatic rings. The maximum Gasteiger partial charge on any atom is 0.295 e. The first kappa shape index (κ1) is 13.3. The van der Waals surface area contributed by atoms with Gasteiger partial charge in [-0.05, 0) is 31.0 Å². The van der Waals surface area contributed by atoms with Gasteiger partial charge in [0.15, 0.2) is 0 Å². The molecule has 1 saturated carbocycles. The van der Waals surface area contributed by atoms with Crippen LogP contribution in [0, 0.1) is 10.1 Å². The normalized spacial score (nSPS) is 13.9. The number of anilines is 1. The summed E-state index contributed by atoms with van der Waals surface area (Å²) in [5.41, 5.74) is 0.934. The third-order valence-electron chi connectivity index (χ3n) is 3.33. The van der Waals surface area contributed by atoms with Crippen LogP contribution in [0.1, 0.15) is 12.8 Å². The molecule has 0 spiro atoms. The van der Waals surface area contributed by atoms with Crippen molar-refractivity contribution in [1.29, 1.82) is 0 Å². The lowest BCUT2D eigenvalue weighted by Gasteiger charge is -2.09. The van der Waals surface area contributed by atoms with Crippen molar-refractivity contribution in [3.8, 4) is 0 Å². The van der Waals surface area contributed by atoms with Gasteiger partial charge in [0.25, 0.3) is 5.69 Å². The highest BCUT2D eigenvalue weighted by Crippen LogP contribution is 2.29. The average Bonchev–Trinajstić information content (AvgIpc) is 3.28. The summed E-state index contributed by atoms with van der Waals surface area (Å²) in [5.74, 6) is -0.0760. The first-order valence-electron chi connectivity index (χ1n) is 6.70. The molecule has 1 aromatic carbocycles. The smallest absolute Gasteiger partial charge is 0.295 e. The Kier molecular flexibility index (Phi) is 3.39. The summed E-state index contributed by atoms with van der Waals surface area (Å²) in [6.07, 6.45) is 3.59. The average molecular weight is 286 g/mol. The SMILES string of the molecule is O=C(CNc1ccc([N+](=O)[O-])c2ncccc12)NC1CC1. The van der Waals surface area contributed by atoms with Gasteiger partial charge in [0, 0.05) is 29.4 Å². The van der Waals surface area contributed by atoms with Gasteiger partial charge in [0.1, 0.15) is 5.52 Å². The highest BCUT2D eigenvalue weighted by Gasteiger charge is 2.23. The largest absolute Gasteiger partial charge is 0.376 e. The second-order valence-corrected chi connectivity index (χ2v) is 4.98. The number of benzene rings is 1. The fourth-order valence-corrected chi connectivity index (χ4v) is 2.14. The second kappa shape index (κ2) is 5.35. The van der Waals surface area contributed by atoms with Crippen molar-refractivity contribution in [1.82, 2.24) is 10.3 Å². The van der Waals surface area contributed by atoms with Gasteiger partial charge in [-0.15, -0.1) is 0 Å². The number of pyridine rings is 1. The number of nitro benzene ring substituents is 1. The van der Waals surface area contributed by atoms with E-state index in [0.29, 0.717) is 22.6 Å². The molecular formula is C14H14N4O3. The summed E-state index contributed by atoms with van der Waals surface area (Å²) < 4.78 is 0. The summed E-state index contributed by atoms with van der Waals surface area (Å²) in [6, 6.07) is 6.77. The highest BCUT2D eigenvalue weighted by molar-refractivity contribution is 5.97. The van der Waals surface area contributed by atoms with E-state index in [1.165, 1.54) is 12.3 Å². The van der Waals surface area contributed by atoms with Gasteiger partial charge in [-0.2, -0.15) is 0 Å². The van der Waals surface area contributed by atoms with Gasteiger partial charge >= 0.3 is 0 Å². The lowest BCUT2D eigenvalue weighted by molar-refractivity contribution is -0.383. The van der Waals surface area contributed by atoms with Gasteiger partial charge < -0.3 is 10.6 Å². The van der Waals surface area contributed by atoms with Gasteiger partial charge in [-0.1, -0.05) is 0 Å². The van der Waals surface area contributed by atoms with Crippen molar-refractivity contribution in [2.75, 3.05) is 11.9 Å². The number of amides is 1. The Hall–Kier alpha value is -2.70. The molecule has 1 aliphatic rings. The van der Waals surface area contributed by atoms with Gasteiger partial charge in [-0.25, -0.2) is 4.98 Å². The maximum atomic E-state index is 11.7. The number of carbonyl (C=O) groups is 1. The third-order valence-corrected chi connectivity index (χ3v) is 3.33. The van der Waals surface area contributed by atoms with Crippen LogP contribution in [0.4, 0.5) is 11.4 Å². The standard InChI is InChI=1S/C14H14N4O3/c19-13(17-9-3-4-9)8-16-11-5-6-12(18(20)21)14-10(11)2-1-7-15-14/h1-2,5-7,9,16H,3-4,8H2,(H,17,19). The highest BCUT2D eigenvalue weighted by atomic mass is 16.6. The molecule has 7 nitrogen and oxygen atoms in total. The number of hydrogen-bond donors (Lipinski definition) is 2. The molecule has 21 heavy (non-hydrogen) atoms. The van der Waals surface area contributed by atoms with Crippen molar-refractivity contribution in [2.45, 2.75) is 18.9 Å². The number of hydrogen-bond acceptors (Lipinski definition) is 5. The molecular weight excluding hydrogens is 272 g/mol. The van der Waals surface area contributed by atoms with Crippen molar-refractivity contribution in [3.05, 3.63) is 40.6 Å². The minimum absolute atomic E-state index is 0.0430. The maximum absolute atomic E-state index is 11.7. The molecule has 1 aliphatic carbocycles. The molecule has 0 saturated heterocycles. The molecule has 0 atom stereocenters. The molecule has 2 N–H and O–H groups in total. The topological polar surface area (TPSA) is 97.2 Å². The zero-order valence-corrected chi connectivity index (χ0v) is 11.2. The van der Waals surface area contributed by atoms with E-state index in [9.17, 15) is 14.9 Å². The molecule has 0 unspecified atom stereocenters. The number of aromatic nitrogens is 1. The lowest BCUT2D eigenvalue weighted by Crippen LogP contribution is -2.31.